The van der Waals surface area contributed by atoms with Crippen LogP contribution in [0, 0.1) is 6.92 Å². The Labute approximate surface area is 123 Å². The molecule has 18 heavy (non-hydrogen) atoms. The maximum Gasteiger partial charge on any atom is 0.215 e. The first kappa shape index (κ1) is 19.7. The molecule has 0 saturated heterocycles. The molecule has 0 fully saturated rings. The highest BCUT2D eigenvalue weighted by Crippen LogP contribution is 2.11. The van der Waals surface area contributed by atoms with E-state index in [9.17, 15) is 0 Å². The summed E-state index contributed by atoms with van der Waals surface area (Å²) in [6.07, 6.45) is 1.71. The number of thioether (sulfide) groups is 1. The summed E-state index contributed by atoms with van der Waals surface area (Å²) >= 11 is 1.77. The van der Waals surface area contributed by atoms with Gasteiger partial charge < -0.3 is 10.3 Å². The number of aromatic nitrogens is 2. The second kappa shape index (κ2) is 11.5. The fourth-order valence-electron chi connectivity index (χ4n) is 1.10. The fraction of sp³-hybridized carbons (Fsp3) is 0.556. The van der Waals surface area contributed by atoms with Crippen LogP contribution in [0.25, 0.3) is 0 Å². The molecule has 1 aromatic rings. The first-order valence-corrected chi connectivity index (χ1v) is 6.12. The van der Waals surface area contributed by atoms with Crippen LogP contribution >= 0.6 is 36.6 Å². The summed E-state index contributed by atoms with van der Waals surface area (Å²) < 4.78 is 0. The van der Waals surface area contributed by atoms with Crippen molar-refractivity contribution in [2.75, 3.05) is 19.3 Å². The number of aryl methyl sites for hydroxylation is 1. The van der Waals surface area contributed by atoms with E-state index >= 15 is 0 Å². The first-order chi connectivity index (χ1) is 7.77. The Kier molecular flexibility index (Phi) is 12.5. The van der Waals surface area contributed by atoms with Crippen LogP contribution in [-0.2, 0) is 5.75 Å². The Morgan fingerprint density at radius 2 is 2.28 bits per heavy atom. The van der Waals surface area contributed by atoms with Crippen molar-refractivity contribution in [2.24, 2.45) is 4.99 Å². The van der Waals surface area contributed by atoms with Crippen molar-refractivity contribution in [1.82, 2.24) is 20.8 Å². The van der Waals surface area contributed by atoms with Gasteiger partial charge in [-0.1, -0.05) is 0 Å². The molecule has 0 atom stereocenters. The van der Waals surface area contributed by atoms with Gasteiger partial charge in [-0.2, -0.15) is 11.8 Å². The molecule has 0 bridgehead atoms. The molecule has 0 aliphatic rings. The van der Waals surface area contributed by atoms with Gasteiger partial charge in [0, 0.05) is 24.2 Å². The molecule has 0 saturated carbocycles. The summed E-state index contributed by atoms with van der Waals surface area (Å²) in [4.78, 5) is 11.3. The van der Waals surface area contributed by atoms with Crippen molar-refractivity contribution in [2.45, 2.75) is 12.7 Å². The van der Waals surface area contributed by atoms with Crippen molar-refractivity contribution in [1.29, 1.82) is 0 Å². The van der Waals surface area contributed by atoms with Crippen molar-refractivity contribution in [3.05, 3.63) is 17.7 Å². The van der Waals surface area contributed by atoms with Crippen molar-refractivity contribution in [3.8, 4) is 0 Å². The van der Waals surface area contributed by atoms with Crippen molar-refractivity contribution < 1.29 is 5.21 Å². The van der Waals surface area contributed by atoms with Gasteiger partial charge in [-0.25, -0.2) is 10.5 Å². The first-order valence-electron chi connectivity index (χ1n) is 4.96. The predicted molar refractivity (Wildman–Crippen MR) is 80.3 cm³/mol. The Bertz CT molecular complexity index is 341. The Morgan fingerprint density at radius 1 is 1.56 bits per heavy atom. The molecular weight excluding hydrogens is 297 g/mol. The lowest BCUT2D eigenvalue weighted by atomic mass is 10.4. The second-order valence-electron chi connectivity index (χ2n) is 3.11. The average molecular weight is 316 g/mol. The van der Waals surface area contributed by atoms with Crippen LogP contribution in [0.5, 0.6) is 0 Å². The van der Waals surface area contributed by atoms with Crippen LogP contribution in [0.2, 0.25) is 0 Å². The van der Waals surface area contributed by atoms with Crippen LogP contribution in [0.3, 0.4) is 0 Å². The molecule has 1 heterocycles. The van der Waals surface area contributed by atoms with E-state index in [1.165, 1.54) is 0 Å². The van der Waals surface area contributed by atoms with E-state index in [1.807, 2.05) is 12.4 Å². The van der Waals surface area contributed by atoms with Crippen molar-refractivity contribution >= 4 is 42.5 Å². The highest BCUT2D eigenvalue weighted by molar-refractivity contribution is 7.98. The summed E-state index contributed by atoms with van der Waals surface area (Å²) in [5.74, 6) is 2.19. The minimum Gasteiger partial charge on any atom is -0.358 e. The molecule has 0 radical (unpaired) electrons. The number of imidazole rings is 1. The molecule has 1 rings (SSSR count). The van der Waals surface area contributed by atoms with Gasteiger partial charge in [-0.05, 0) is 6.92 Å². The average Bonchev–Trinajstić information content (AvgIpc) is 2.70. The van der Waals surface area contributed by atoms with Gasteiger partial charge in [0.2, 0.25) is 5.96 Å². The number of aromatic amines is 1. The van der Waals surface area contributed by atoms with Gasteiger partial charge in [-0.3, -0.25) is 10.2 Å². The smallest absolute Gasteiger partial charge is 0.215 e. The number of hydrogen-bond acceptors (Lipinski definition) is 4. The number of nitrogens with zero attached hydrogens (tertiary/aromatic N) is 2. The number of aliphatic imine (C=N–C) groups is 1. The van der Waals surface area contributed by atoms with Gasteiger partial charge in [0.15, 0.2) is 0 Å². The molecule has 0 spiro atoms. The lowest BCUT2D eigenvalue weighted by molar-refractivity contribution is 0.230. The normalized spacial score (nSPS) is 10.3. The molecule has 0 amide bonds. The topological polar surface area (TPSA) is 85.3 Å². The van der Waals surface area contributed by atoms with Crippen LogP contribution in [0.4, 0.5) is 0 Å². The molecule has 0 aromatic carbocycles. The summed E-state index contributed by atoms with van der Waals surface area (Å²) in [5.41, 5.74) is 4.18. The molecule has 4 N–H and O–H groups in total. The monoisotopic (exact) mass is 315 g/mol. The van der Waals surface area contributed by atoms with Gasteiger partial charge in [0.1, 0.15) is 0 Å². The van der Waals surface area contributed by atoms with Gasteiger partial charge in [0.25, 0.3) is 0 Å². The zero-order valence-electron chi connectivity index (χ0n) is 10.3. The molecule has 9 heteroatoms. The van der Waals surface area contributed by atoms with E-state index < -0.39 is 0 Å². The zero-order valence-corrected chi connectivity index (χ0v) is 12.7. The van der Waals surface area contributed by atoms with Crippen LogP contribution in [0.1, 0.15) is 11.4 Å². The minimum absolute atomic E-state index is 0. The molecule has 106 valence electrons. The lowest BCUT2D eigenvalue weighted by Crippen LogP contribution is -2.32. The number of guanidine groups is 1. The number of rotatable bonds is 5. The Morgan fingerprint density at radius 3 is 2.78 bits per heavy atom. The van der Waals surface area contributed by atoms with Gasteiger partial charge >= 0.3 is 0 Å². The van der Waals surface area contributed by atoms with E-state index in [0.29, 0.717) is 12.5 Å². The molecule has 0 aliphatic carbocycles. The third-order valence-corrected chi connectivity index (χ3v) is 2.99. The molecule has 0 aliphatic heterocycles. The summed E-state index contributed by atoms with van der Waals surface area (Å²) in [6, 6.07) is 0. The van der Waals surface area contributed by atoms with E-state index in [1.54, 1.807) is 25.1 Å². The Hall–Kier alpha value is -0.630. The van der Waals surface area contributed by atoms with Crippen LogP contribution in [0.15, 0.2) is 11.3 Å². The maximum atomic E-state index is 8.61. The highest BCUT2D eigenvalue weighted by Gasteiger charge is 1.99. The van der Waals surface area contributed by atoms with Gasteiger partial charge in [-0.15, -0.1) is 24.8 Å². The minimum atomic E-state index is 0. The summed E-state index contributed by atoms with van der Waals surface area (Å²) in [5, 5.41) is 11.3. The van der Waals surface area contributed by atoms with E-state index in [2.05, 4.69) is 20.3 Å². The predicted octanol–water partition coefficient (Wildman–Crippen LogP) is 1.35. The molecule has 6 nitrogen and oxygen atoms in total. The Balaban J connectivity index is 0. The van der Waals surface area contributed by atoms with E-state index in [0.717, 1.165) is 22.9 Å². The lowest BCUT2D eigenvalue weighted by Gasteiger charge is -2.02. The molecular formula is C9H19Cl2N5OS. The quantitative estimate of drug-likeness (QED) is 0.285. The summed E-state index contributed by atoms with van der Waals surface area (Å²) in [7, 11) is 1.70. The van der Waals surface area contributed by atoms with Crippen LogP contribution < -0.4 is 10.8 Å². The number of nitrogens with one attached hydrogen (secondary N) is 3. The third-order valence-electron chi connectivity index (χ3n) is 2.03. The third kappa shape index (κ3) is 6.95. The highest BCUT2D eigenvalue weighted by atomic mass is 35.5. The van der Waals surface area contributed by atoms with E-state index in [-0.39, 0.29) is 24.8 Å². The molecule has 0 unspecified atom stereocenters. The van der Waals surface area contributed by atoms with Gasteiger partial charge in [0.05, 0.1) is 18.6 Å². The zero-order chi connectivity index (χ0) is 11.8. The standard InChI is InChI=1S/C9H17N5OS.2ClH/c1-7-8(13-6-12-7)5-16-4-3-11-9(10-2)14-15;;/h6,15H,3-5H2,1-2H3,(H,12,13)(H2,10,11,14);2*1H. The maximum absolute atomic E-state index is 8.61. The van der Waals surface area contributed by atoms with E-state index in [4.69, 9.17) is 5.21 Å². The van der Waals surface area contributed by atoms with Crippen molar-refractivity contribution in [3.63, 3.8) is 0 Å². The number of halogens is 2. The SMILES string of the molecule is CN/C(=N/CCSCc1[nH]cnc1C)NO.Cl.Cl. The largest absolute Gasteiger partial charge is 0.358 e. The second-order valence-corrected chi connectivity index (χ2v) is 4.22. The fourth-order valence-corrected chi connectivity index (χ4v) is 1.96. The number of H-pyrrole nitrogens is 1. The van der Waals surface area contributed by atoms with Crippen LogP contribution in [-0.4, -0.2) is 40.5 Å². The number of hydrogen-bond donors (Lipinski definition) is 4. The summed E-state index contributed by atoms with van der Waals surface area (Å²) in [6.45, 7) is 2.64. The number of hydroxylamine groups is 1. The molecule has 1 aromatic heterocycles.